The van der Waals surface area contributed by atoms with Crippen molar-refractivity contribution in [2.45, 2.75) is 34.6 Å². The van der Waals surface area contributed by atoms with E-state index in [0.717, 1.165) is 12.2 Å². The second kappa shape index (κ2) is 6.74. The fourth-order valence-electron chi connectivity index (χ4n) is 1.76. The summed E-state index contributed by atoms with van der Waals surface area (Å²) in [6, 6.07) is 0. The second-order valence-corrected chi connectivity index (χ2v) is 5.33. The summed E-state index contributed by atoms with van der Waals surface area (Å²) in [5, 5.41) is 0. The van der Waals surface area contributed by atoms with E-state index in [-0.39, 0.29) is 0 Å². The van der Waals surface area contributed by atoms with Crippen LogP contribution in [0, 0.1) is 11.8 Å². The highest BCUT2D eigenvalue weighted by molar-refractivity contribution is 5.35. The zero-order valence-corrected chi connectivity index (χ0v) is 12.0. The van der Waals surface area contributed by atoms with Crippen molar-refractivity contribution in [1.29, 1.82) is 0 Å². The molecule has 0 unspecified atom stereocenters. The van der Waals surface area contributed by atoms with Crippen LogP contribution in [0.3, 0.4) is 0 Å². The summed E-state index contributed by atoms with van der Waals surface area (Å²) in [5.74, 6) is 0.904. The third kappa shape index (κ3) is 4.84. The number of hydrogen-bond donors (Lipinski definition) is 1. The molecular formula is C14H28N2. The zero-order valence-electron chi connectivity index (χ0n) is 12.0. The van der Waals surface area contributed by atoms with E-state index < -0.39 is 0 Å². The van der Waals surface area contributed by atoms with Crippen molar-refractivity contribution in [2.24, 2.45) is 17.6 Å². The van der Waals surface area contributed by atoms with E-state index >= 15 is 0 Å². The molecule has 2 N–H and O–H groups in total. The van der Waals surface area contributed by atoms with Crippen LogP contribution in [0.15, 0.2) is 22.9 Å². The van der Waals surface area contributed by atoms with Crippen molar-refractivity contribution in [1.82, 2.24) is 4.90 Å². The largest absolute Gasteiger partial charge is 0.402 e. The first-order valence-electron chi connectivity index (χ1n) is 6.08. The normalized spacial score (nSPS) is 15.0. The number of nitrogens with two attached hydrogens (primary N) is 1. The molecule has 0 rings (SSSR count). The third-order valence-corrected chi connectivity index (χ3v) is 2.70. The lowest BCUT2D eigenvalue weighted by Crippen LogP contribution is -2.15. The Balaban J connectivity index is 5.08. The molecule has 0 fully saturated rings. The smallest absolute Gasteiger partial charge is 0.0162 e. The van der Waals surface area contributed by atoms with E-state index in [1.165, 1.54) is 11.1 Å². The number of likely N-dealkylation sites (N-methyl/N-ethyl adjacent to an activating group) is 1. The van der Waals surface area contributed by atoms with Crippen molar-refractivity contribution in [2.75, 3.05) is 20.6 Å². The van der Waals surface area contributed by atoms with Gasteiger partial charge in [-0.05, 0) is 44.0 Å². The molecule has 0 amide bonds. The number of allylic oxidation sites excluding steroid dienone is 3. The molecule has 0 aromatic carbocycles. The molecule has 2 heteroatoms. The molecule has 0 heterocycles. The van der Waals surface area contributed by atoms with Crippen LogP contribution in [0.4, 0.5) is 0 Å². The molecule has 0 radical (unpaired) electrons. The predicted molar refractivity (Wildman–Crippen MR) is 73.2 cm³/mol. The molecule has 0 spiro atoms. The second-order valence-electron chi connectivity index (χ2n) is 5.33. The van der Waals surface area contributed by atoms with Crippen molar-refractivity contribution >= 4 is 0 Å². The SMILES string of the molecule is CC(=C/CN(C)C)/C(=C(\N)C(C)C)C(C)C. The lowest BCUT2D eigenvalue weighted by Gasteiger charge is -2.19. The Bertz CT molecular complexity index is 270. The zero-order chi connectivity index (χ0) is 12.9. The van der Waals surface area contributed by atoms with E-state index in [1.54, 1.807) is 0 Å². The van der Waals surface area contributed by atoms with Crippen LogP contribution in [0.25, 0.3) is 0 Å². The van der Waals surface area contributed by atoms with Gasteiger partial charge in [-0.1, -0.05) is 33.8 Å². The van der Waals surface area contributed by atoms with Crippen LogP contribution >= 0.6 is 0 Å². The first-order valence-corrected chi connectivity index (χ1v) is 6.08. The summed E-state index contributed by atoms with van der Waals surface area (Å²) < 4.78 is 0. The molecule has 0 aliphatic rings. The van der Waals surface area contributed by atoms with Gasteiger partial charge in [0.05, 0.1) is 0 Å². The molecule has 0 aliphatic heterocycles. The van der Waals surface area contributed by atoms with E-state index in [0.29, 0.717) is 11.8 Å². The van der Waals surface area contributed by atoms with Gasteiger partial charge in [0.1, 0.15) is 0 Å². The number of rotatable bonds is 5. The Morgan fingerprint density at radius 2 is 1.62 bits per heavy atom. The Morgan fingerprint density at radius 3 is 1.94 bits per heavy atom. The maximum Gasteiger partial charge on any atom is 0.0162 e. The average Bonchev–Trinajstić information content (AvgIpc) is 2.13. The Kier molecular flexibility index (Phi) is 6.42. The predicted octanol–water partition coefficient (Wildman–Crippen LogP) is 3.02. The van der Waals surface area contributed by atoms with Gasteiger partial charge in [-0.2, -0.15) is 0 Å². The Morgan fingerprint density at radius 1 is 1.12 bits per heavy atom. The topological polar surface area (TPSA) is 29.3 Å². The summed E-state index contributed by atoms with van der Waals surface area (Å²) in [5.41, 5.74) is 9.86. The van der Waals surface area contributed by atoms with Gasteiger partial charge in [-0.25, -0.2) is 0 Å². The van der Waals surface area contributed by atoms with Gasteiger partial charge in [0, 0.05) is 12.2 Å². The lowest BCUT2D eigenvalue weighted by atomic mass is 9.90. The molecule has 0 saturated heterocycles. The minimum Gasteiger partial charge on any atom is -0.402 e. The standard InChI is InChI=1S/C14H28N2/c1-10(2)13(14(15)11(3)4)12(5)8-9-16(6)7/h8,10-11H,9,15H2,1-7H3/b12-8-,14-13-. The van der Waals surface area contributed by atoms with Gasteiger partial charge in [-0.15, -0.1) is 0 Å². The lowest BCUT2D eigenvalue weighted by molar-refractivity contribution is 0.455. The molecule has 0 saturated carbocycles. The van der Waals surface area contributed by atoms with E-state index in [1.807, 2.05) is 0 Å². The minimum absolute atomic E-state index is 0.417. The summed E-state index contributed by atoms with van der Waals surface area (Å²) in [6.07, 6.45) is 2.25. The minimum atomic E-state index is 0.417. The van der Waals surface area contributed by atoms with Crippen molar-refractivity contribution in [3.63, 3.8) is 0 Å². The number of hydrogen-bond acceptors (Lipinski definition) is 2. The molecule has 94 valence electrons. The molecule has 0 bridgehead atoms. The van der Waals surface area contributed by atoms with Crippen LogP contribution in [0.5, 0.6) is 0 Å². The van der Waals surface area contributed by atoms with E-state index in [2.05, 4.69) is 59.7 Å². The summed E-state index contributed by atoms with van der Waals surface area (Å²) in [6.45, 7) is 11.8. The van der Waals surface area contributed by atoms with E-state index in [9.17, 15) is 0 Å². The Labute approximate surface area is 101 Å². The van der Waals surface area contributed by atoms with Gasteiger partial charge in [0.25, 0.3) is 0 Å². The van der Waals surface area contributed by atoms with Crippen molar-refractivity contribution in [3.05, 3.63) is 22.9 Å². The highest BCUT2D eigenvalue weighted by Crippen LogP contribution is 2.24. The molecule has 16 heavy (non-hydrogen) atoms. The summed E-state index contributed by atoms with van der Waals surface area (Å²) in [4.78, 5) is 2.16. The fraction of sp³-hybridized carbons (Fsp3) is 0.714. The van der Waals surface area contributed by atoms with Crippen molar-refractivity contribution in [3.8, 4) is 0 Å². The maximum absolute atomic E-state index is 6.19. The monoisotopic (exact) mass is 224 g/mol. The highest BCUT2D eigenvalue weighted by Gasteiger charge is 2.12. The quantitative estimate of drug-likeness (QED) is 0.727. The maximum atomic E-state index is 6.19. The summed E-state index contributed by atoms with van der Waals surface area (Å²) in [7, 11) is 4.16. The van der Waals surface area contributed by atoms with Crippen LogP contribution in [0.2, 0.25) is 0 Å². The van der Waals surface area contributed by atoms with Crippen molar-refractivity contribution < 1.29 is 0 Å². The van der Waals surface area contributed by atoms with Gasteiger partial charge < -0.3 is 10.6 Å². The molecular weight excluding hydrogens is 196 g/mol. The van der Waals surface area contributed by atoms with Gasteiger partial charge in [-0.3, -0.25) is 0 Å². The summed E-state index contributed by atoms with van der Waals surface area (Å²) >= 11 is 0. The van der Waals surface area contributed by atoms with E-state index in [4.69, 9.17) is 5.73 Å². The van der Waals surface area contributed by atoms with Crippen LogP contribution < -0.4 is 5.73 Å². The van der Waals surface area contributed by atoms with Crippen LogP contribution in [-0.4, -0.2) is 25.5 Å². The first-order chi connectivity index (χ1) is 7.27. The molecule has 0 aliphatic carbocycles. The van der Waals surface area contributed by atoms with Gasteiger partial charge >= 0.3 is 0 Å². The van der Waals surface area contributed by atoms with Gasteiger partial charge in [0.15, 0.2) is 0 Å². The highest BCUT2D eigenvalue weighted by atomic mass is 15.0. The average molecular weight is 224 g/mol. The molecule has 0 aromatic rings. The molecule has 2 nitrogen and oxygen atoms in total. The first kappa shape index (κ1) is 15.2. The van der Waals surface area contributed by atoms with Gasteiger partial charge in [0.2, 0.25) is 0 Å². The van der Waals surface area contributed by atoms with Crippen LogP contribution in [-0.2, 0) is 0 Å². The molecule has 0 aromatic heterocycles. The van der Waals surface area contributed by atoms with Crippen LogP contribution in [0.1, 0.15) is 34.6 Å². The Hall–Kier alpha value is -0.760. The third-order valence-electron chi connectivity index (χ3n) is 2.70. The molecule has 0 atom stereocenters. The number of nitrogens with zero attached hydrogens (tertiary/aromatic N) is 1. The fourth-order valence-corrected chi connectivity index (χ4v) is 1.76.